The number of benzene rings is 1. The van der Waals surface area contributed by atoms with Crippen LogP contribution in [0.5, 0.6) is 0 Å². The first-order valence-electron chi connectivity index (χ1n) is 8.17. The summed E-state index contributed by atoms with van der Waals surface area (Å²) in [5, 5.41) is 11.6. The summed E-state index contributed by atoms with van der Waals surface area (Å²) < 4.78 is 4.99. The van der Waals surface area contributed by atoms with Gasteiger partial charge in [0, 0.05) is 6.42 Å². The second-order valence-electron chi connectivity index (χ2n) is 6.03. The van der Waals surface area contributed by atoms with Crippen LogP contribution < -0.4 is 5.32 Å². The van der Waals surface area contributed by atoms with E-state index >= 15 is 0 Å². The molecular weight excluding hydrogens is 310 g/mol. The molecule has 1 aromatic carbocycles. The van der Waals surface area contributed by atoms with Gasteiger partial charge in [0.1, 0.15) is 5.41 Å². The van der Waals surface area contributed by atoms with E-state index in [9.17, 15) is 14.4 Å². The molecule has 130 valence electrons. The summed E-state index contributed by atoms with van der Waals surface area (Å²) in [4.78, 5) is 36.3. The van der Waals surface area contributed by atoms with Crippen molar-refractivity contribution in [3.05, 3.63) is 35.4 Å². The maximum atomic E-state index is 12.3. The lowest BCUT2D eigenvalue weighted by Gasteiger charge is -2.37. The van der Waals surface area contributed by atoms with E-state index in [1.807, 2.05) is 0 Å². The zero-order valence-electron chi connectivity index (χ0n) is 13.8. The summed E-state index contributed by atoms with van der Waals surface area (Å²) in [6.45, 7) is 1.78. The molecule has 1 aliphatic rings. The average molecular weight is 333 g/mol. The van der Waals surface area contributed by atoms with Crippen LogP contribution in [0.15, 0.2) is 24.3 Å². The number of Topliss-reactive ketones (excluding diaryl/α,β-unsaturated/α-hetero) is 1. The van der Waals surface area contributed by atoms with E-state index < -0.39 is 17.3 Å². The Kier molecular flexibility index (Phi) is 6.09. The van der Waals surface area contributed by atoms with Gasteiger partial charge in [-0.1, -0.05) is 30.7 Å². The van der Waals surface area contributed by atoms with Crippen LogP contribution in [0, 0.1) is 5.41 Å². The second-order valence-corrected chi connectivity index (χ2v) is 6.03. The highest BCUT2D eigenvalue weighted by Crippen LogP contribution is 2.42. The van der Waals surface area contributed by atoms with Crippen molar-refractivity contribution in [2.75, 3.05) is 13.2 Å². The van der Waals surface area contributed by atoms with Crippen LogP contribution in [0.1, 0.15) is 37.3 Å². The predicted octanol–water partition coefficient (Wildman–Crippen LogP) is 1.14. The van der Waals surface area contributed by atoms with Gasteiger partial charge in [0.2, 0.25) is 5.91 Å². The summed E-state index contributed by atoms with van der Waals surface area (Å²) in [5.74, 6) is -1.06. The van der Waals surface area contributed by atoms with Crippen molar-refractivity contribution >= 4 is 17.7 Å². The number of aliphatic hydroxyl groups is 1. The number of ketones is 1. The Labute approximate surface area is 141 Å². The molecule has 0 radical (unpaired) electrons. The summed E-state index contributed by atoms with van der Waals surface area (Å²) >= 11 is 0. The zero-order chi connectivity index (χ0) is 17.6. The maximum absolute atomic E-state index is 12.3. The number of hydrogen-bond acceptors (Lipinski definition) is 5. The third-order valence-electron chi connectivity index (χ3n) is 4.36. The molecule has 0 aromatic heterocycles. The smallest absolute Gasteiger partial charge is 0.321 e. The van der Waals surface area contributed by atoms with Crippen LogP contribution >= 0.6 is 0 Å². The van der Waals surface area contributed by atoms with E-state index in [1.54, 1.807) is 31.2 Å². The Morgan fingerprint density at radius 2 is 1.79 bits per heavy atom. The van der Waals surface area contributed by atoms with Crippen LogP contribution in [-0.2, 0) is 32.1 Å². The molecule has 0 unspecified atom stereocenters. The molecule has 6 nitrogen and oxygen atoms in total. The summed E-state index contributed by atoms with van der Waals surface area (Å²) in [6, 6.07) is 7.06. The van der Waals surface area contributed by atoms with Gasteiger partial charge in [0.25, 0.3) is 0 Å². The molecule has 0 bridgehead atoms. The van der Waals surface area contributed by atoms with E-state index in [-0.39, 0.29) is 32.0 Å². The second kappa shape index (κ2) is 8.06. The number of nitrogens with one attached hydrogen (secondary N) is 1. The Morgan fingerprint density at radius 1 is 1.17 bits per heavy atom. The van der Waals surface area contributed by atoms with Crippen molar-refractivity contribution in [3.8, 4) is 0 Å². The summed E-state index contributed by atoms with van der Waals surface area (Å²) in [6.07, 6.45) is 1.93. The Bertz CT molecular complexity index is 604. The SMILES string of the molecule is CCOC(=O)C1(C(=O)NCC(=O)Cc2ccc(CO)cc2)CCC1. The normalized spacial score (nSPS) is 15.2. The largest absolute Gasteiger partial charge is 0.465 e. The quantitative estimate of drug-likeness (QED) is 0.550. The van der Waals surface area contributed by atoms with Crippen molar-refractivity contribution in [2.45, 2.75) is 39.2 Å². The molecule has 0 spiro atoms. The monoisotopic (exact) mass is 333 g/mol. The molecule has 0 atom stereocenters. The Morgan fingerprint density at radius 3 is 2.29 bits per heavy atom. The predicted molar refractivity (Wildman–Crippen MR) is 87.0 cm³/mol. The van der Waals surface area contributed by atoms with Gasteiger partial charge in [-0.25, -0.2) is 0 Å². The highest BCUT2D eigenvalue weighted by Gasteiger charge is 2.52. The lowest BCUT2D eigenvalue weighted by molar-refractivity contribution is -0.167. The van der Waals surface area contributed by atoms with Gasteiger partial charge in [-0.15, -0.1) is 0 Å². The molecule has 1 amide bonds. The topological polar surface area (TPSA) is 92.7 Å². The van der Waals surface area contributed by atoms with Gasteiger partial charge in [0.05, 0.1) is 19.8 Å². The number of aliphatic hydroxyl groups excluding tert-OH is 1. The molecule has 1 aromatic rings. The third-order valence-corrected chi connectivity index (χ3v) is 4.36. The van der Waals surface area contributed by atoms with Crippen LogP contribution in [-0.4, -0.2) is 35.9 Å². The van der Waals surface area contributed by atoms with E-state index in [0.29, 0.717) is 12.8 Å². The van der Waals surface area contributed by atoms with Gasteiger partial charge in [-0.05, 0) is 30.9 Å². The molecule has 0 heterocycles. The van der Waals surface area contributed by atoms with E-state index in [1.165, 1.54) is 0 Å². The van der Waals surface area contributed by atoms with Crippen molar-refractivity contribution in [2.24, 2.45) is 5.41 Å². The molecule has 1 fully saturated rings. The number of esters is 1. The van der Waals surface area contributed by atoms with Crippen molar-refractivity contribution in [1.82, 2.24) is 5.32 Å². The highest BCUT2D eigenvalue weighted by molar-refractivity contribution is 6.04. The molecular formula is C18H23NO5. The van der Waals surface area contributed by atoms with Crippen LogP contribution in [0.4, 0.5) is 0 Å². The molecule has 6 heteroatoms. The number of ether oxygens (including phenoxy) is 1. The third kappa shape index (κ3) is 4.00. The maximum Gasteiger partial charge on any atom is 0.321 e. The first-order chi connectivity index (χ1) is 11.5. The number of amides is 1. The minimum Gasteiger partial charge on any atom is -0.465 e. The zero-order valence-corrected chi connectivity index (χ0v) is 13.8. The van der Waals surface area contributed by atoms with Crippen molar-refractivity contribution in [3.63, 3.8) is 0 Å². The fourth-order valence-corrected chi connectivity index (χ4v) is 2.72. The van der Waals surface area contributed by atoms with Crippen LogP contribution in [0.25, 0.3) is 0 Å². The Balaban J connectivity index is 1.86. The molecule has 0 saturated heterocycles. The van der Waals surface area contributed by atoms with E-state index in [2.05, 4.69) is 5.32 Å². The first kappa shape index (κ1) is 18.1. The summed E-state index contributed by atoms with van der Waals surface area (Å²) in [5.41, 5.74) is 0.482. The fourth-order valence-electron chi connectivity index (χ4n) is 2.72. The van der Waals surface area contributed by atoms with Crippen molar-refractivity contribution < 1.29 is 24.2 Å². The first-order valence-corrected chi connectivity index (χ1v) is 8.17. The van der Waals surface area contributed by atoms with Gasteiger partial charge in [0.15, 0.2) is 5.78 Å². The molecule has 24 heavy (non-hydrogen) atoms. The molecule has 1 saturated carbocycles. The van der Waals surface area contributed by atoms with Gasteiger partial charge >= 0.3 is 5.97 Å². The van der Waals surface area contributed by atoms with Crippen LogP contribution in [0.2, 0.25) is 0 Å². The molecule has 2 rings (SSSR count). The fraction of sp³-hybridized carbons (Fsp3) is 0.500. The standard InChI is InChI=1S/C18H23NO5/c1-2-24-17(23)18(8-3-9-18)16(22)19-11-15(21)10-13-4-6-14(12-20)7-5-13/h4-7,20H,2-3,8-12H2,1H3,(H,19,22). The number of hydrogen-bond donors (Lipinski definition) is 2. The molecule has 1 aliphatic carbocycles. The van der Waals surface area contributed by atoms with E-state index in [0.717, 1.165) is 17.5 Å². The lowest BCUT2D eigenvalue weighted by atomic mass is 9.68. The van der Waals surface area contributed by atoms with Crippen LogP contribution in [0.3, 0.4) is 0 Å². The average Bonchev–Trinajstić information content (AvgIpc) is 2.53. The highest BCUT2D eigenvalue weighted by atomic mass is 16.5. The number of carbonyl (C=O) groups excluding carboxylic acids is 3. The van der Waals surface area contributed by atoms with Gasteiger partial charge < -0.3 is 15.2 Å². The number of rotatable bonds is 8. The molecule has 0 aliphatic heterocycles. The summed E-state index contributed by atoms with van der Waals surface area (Å²) in [7, 11) is 0. The van der Waals surface area contributed by atoms with Gasteiger partial charge in [-0.3, -0.25) is 14.4 Å². The minimum absolute atomic E-state index is 0.0414. The number of carbonyl (C=O) groups is 3. The Hall–Kier alpha value is -2.21. The molecule has 2 N–H and O–H groups in total. The minimum atomic E-state index is -1.11. The van der Waals surface area contributed by atoms with Crippen molar-refractivity contribution in [1.29, 1.82) is 0 Å². The lowest BCUT2D eigenvalue weighted by Crippen LogP contribution is -2.52. The van der Waals surface area contributed by atoms with Gasteiger partial charge in [-0.2, -0.15) is 0 Å². The van der Waals surface area contributed by atoms with E-state index in [4.69, 9.17) is 9.84 Å².